The molecule has 0 aliphatic rings. The number of hydrogen-bond acceptors (Lipinski definition) is 4. The van der Waals surface area contributed by atoms with Crippen molar-refractivity contribution in [1.29, 1.82) is 0 Å². The Labute approximate surface area is 139 Å². The summed E-state index contributed by atoms with van der Waals surface area (Å²) in [6.07, 6.45) is 3.46. The zero-order valence-corrected chi connectivity index (χ0v) is 15.0. The molecule has 0 aromatic rings. The average molecular weight is 328 g/mol. The van der Waals surface area contributed by atoms with Gasteiger partial charge in [0, 0.05) is 6.42 Å². The molecule has 0 aromatic heterocycles. The second-order valence-electron chi connectivity index (χ2n) is 6.39. The predicted octanol–water partition coefficient (Wildman–Crippen LogP) is 1.55. The van der Waals surface area contributed by atoms with Gasteiger partial charge in [-0.15, -0.1) is 0 Å². The second-order valence-corrected chi connectivity index (χ2v) is 6.39. The molecule has 4 atom stereocenters. The van der Waals surface area contributed by atoms with Crippen molar-refractivity contribution < 1.29 is 19.5 Å². The van der Waals surface area contributed by atoms with Crippen LogP contribution >= 0.6 is 0 Å². The monoisotopic (exact) mass is 328 g/mol. The Morgan fingerprint density at radius 1 is 1.04 bits per heavy atom. The number of carbonyl (C=O) groups excluding carboxylic acids is 3. The van der Waals surface area contributed by atoms with E-state index in [4.69, 9.17) is 0 Å². The van der Waals surface area contributed by atoms with Crippen LogP contribution in [0.4, 0.5) is 0 Å². The number of carbonyl (C=O) groups is 3. The first kappa shape index (κ1) is 21.6. The van der Waals surface area contributed by atoms with E-state index >= 15 is 0 Å². The molecule has 3 N–H and O–H groups in total. The van der Waals surface area contributed by atoms with E-state index in [2.05, 4.69) is 24.5 Å². The lowest BCUT2D eigenvalue weighted by molar-refractivity contribution is -0.132. The standard InChI is InChI=1S/C17H32N2O4/c1-6-11(2)9-7-8-10-15(22)18-12(3)17(23)19-16(13(4)20)14(5)21/h11-13,16,20H,6-10H2,1-5H3,(H,18,22)(H,19,23). The highest BCUT2D eigenvalue weighted by molar-refractivity contribution is 5.92. The van der Waals surface area contributed by atoms with Crippen LogP contribution in [-0.4, -0.2) is 40.9 Å². The molecule has 0 aromatic carbocycles. The van der Waals surface area contributed by atoms with E-state index < -0.39 is 24.1 Å². The van der Waals surface area contributed by atoms with Gasteiger partial charge >= 0.3 is 0 Å². The quantitative estimate of drug-likeness (QED) is 0.501. The third-order valence-corrected chi connectivity index (χ3v) is 4.04. The molecular formula is C17H32N2O4. The summed E-state index contributed by atoms with van der Waals surface area (Å²) in [5.74, 6) is -0.295. The van der Waals surface area contributed by atoms with Crippen LogP contribution in [-0.2, 0) is 14.4 Å². The molecule has 23 heavy (non-hydrogen) atoms. The third kappa shape index (κ3) is 9.33. The van der Waals surface area contributed by atoms with Crippen molar-refractivity contribution in [3.05, 3.63) is 0 Å². The summed E-state index contributed by atoms with van der Waals surface area (Å²) in [6, 6.07) is -1.69. The van der Waals surface area contributed by atoms with Crippen LogP contribution in [0.25, 0.3) is 0 Å². The van der Waals surface area contributed by atoms with E-state index in [9.17, 15) is 19.5 Å². The molecule has 6 nitrogen and oxygen atoms in total. The first-order valence-corrected chi connectivity index (χ1v) is 8.47. The second kappa shape index (κ2) is 11.2. The summed E-state index contributed by atoms with van der Waals surface area (Å²) in [4.78, 5) is 35.1. The summed E-state index contributed by atoms with van der Waals surface area (Å²) in [5.41, 5.74) is 0. The molecule has 0 rings (SSSR count). The van der Waals surface area contributed by atoms with Crippen molar-refractivity contribution in [1.82, 2.24) is 10.6 Å². The maximum atomic E-state index is 12.0. The largest absolute Gasteiger partial charge is 0.391 e. The Morgan fingerprint density at radius 3 is 2.13 bits per heavy atom. The van der Waals surface area contributed by atoms with Crippen LogP contribution < -0.4 is 10.6 Å². The van der Waals surface area contributed by atoms with Gasteiger partial charge in [-0.25, -0.2) is 0 Å². The van der Waals surface area contributed by atoms with Crippen molar-refractivity contribution in [2.75, 3.05) is 0 Å². The van der Waals surface area contributed by atoms with Gasteiger partial charge in [-0.1, -0.05) is 33.1 Å². The van der Waals surface area contributed by atoms with Crippen LogP contribution in [0.2, 0.25) is 0 Å². The zero-order chi connectivity index (χ0) is 18.0. The molecule has 6 heteroatoms. The minimum absolute atomic E-state index is 0.173. The molecule has 4 unspecified atom stereocenters. The van der Waals surface area contributed by atoms with Gasteiger partial charge in [0.1, 0.15) is 12.1 Å². The summed E-state index contributed by atoms with van der Waals surface area (Å²) >= 11 is 0. The van der Waals surface area contributed by atoms with Crippen LogP contribution in [0.1, 0.15) is 66.7 Å². The Balaban J connectivity index is 4.15. The van der Waals surface area contributed by atoms with Crippen LogP contribution in [0.5, 0.6) is 0 Å². The maximum absolute atomic E-state index is 12.0. The molecule has 0 heterocycles. The van der Waals surface area contributed by atoms with Gasteiger partial charge in [0.2, 0.25) is 11.8 Å². The molecular weight excluding hydrogens is 296 g/mol. The first-order valence-electron chi connectivity index (χ1n) is 8.47. The van der Waals surface area contributed by atoms with Gasteiger partial charge in [-0.2, -0.15) is 0 Å². The Bertz CT molecular complexity index is 396. The summed E-state index contributed by atoms with van der Waals surface area (Å²) in [7, 11) is 0. The van der Waals surface area contributed by atoms with Crippen molar-refractivity contribution >= 4 is 17.6 Å². The molecule has 0 aliphatic carbocycles. The summed E-state index contributed by atoms with van der Waals surface area (Å²) in [5, 5.41) is 14.6. The maximum Gasteiger partial charge on any atom is 0.242 e. The van der Waals surface area contributed by atoms with Crippen molar-refractivity contribution in [3.63, 3.8) is 0 Å². The number of ketones is 1. The number of rotatable bonds is 11. The highest BCUT2D eigenvalue weighted by Gasteiger charge is 2.25. The molecule has 2 amide bonds. The van der Waals surface area contributed by atoms with Gasteiger partial charge in [0.25, 0.3) is 0 Å². The van der Waals surface area contributed by atoms with Gasteiger partial charge in [0.05, 0.1) is 6.10 Å². The fraction of sp³-hybridized carbons (Fsp3) is 0.824. The number of aliphatic hydroxyl groups excluding tert-OH is 1. The minimum atomic E-state index is -0.972. The van der Waals surface area contributed by atoms with Gasteiger partial charge < -0.3 is 15.7 Å². The van der Waals surface area contributed by atoms with E-state index in [1.54, 1.807) is 6.92 Å². The number of unbranched alkanes of at least 4 members (excludes halogenated alkanes) is 1. The van der Waals surface area contributed by atoms with Gasteiger partial charge in [0.15, 0.2) is 5.78 Å². The smallest absolute Gasteiger partial charge is 0.242 e. The zero-order valence-electron chi connectivity index (χ0n) is 15.0. The van der Waals surface area contributed by atoms with Crippen LogP contribution in [0.15, 0.2) is 0 Å². The SMILES string of the molecule is CCC(C)CCCCC(=O)NC(C)C(=O)NC(C(C)=O)C(C)O. The van der Waals surface area contributed by atoms with Crippen molar-refractivity contribution in [2.24, 2.45) is 5.92 Å². The molecule has 0 aliphatic heterocycles. The Morgan fingerprint density at radius 2 is 1.65 bits per heavy atom. The van der Waals surface area contributed by atoms with E-state index in [1.165, 1.54) is 13.8 Å². The van der Waals surface area contributed by atoms with E-state index in [-0.39, 0.29) is 11.7 Å². The van der Waals surface area contributed by atoms with Crippen molar-refractivity contribution in [2.45, 2.75) is 84.9 Å². The number of amides is 2. The highest BCUT2D eigenvalue weighted by Crippen LogP contribution is 2.12. The number of nitrogens with one attached hydrogen (secondary N) is 2. The highest BCUT2D eigenvalue weighted by atomic mass is 16.3. The number of aliphatic hydroxyl groups is 1. The van der Waals surface area contributed by atoms with Gasteiger partial charge in [-0.05, 0) is 33.1 Å². The lowest BCUT2D eigenvalue weighted by atomic mass is 10.0. The van der Waals surface area contributed by atoms with E-state index in [0.29, 0.717) is 12.3 Å². The normalized spacial score (nSPS) is 16.1. The summed E-state index contributed by atoms with van der Waals surface area (Å²) in [6.45, 7) is 8.65. The fourth-order valence-corrected chi connectivity index (χ4v) is 2.20. The fourth-order valence-electron chi connectivity index (χ4n) is 2.20. The molecule has 134 valence electrons. The topological polar surface area (TPSA) is 95.5 Å². The number of hydrogen-bond donors (Lipinski definition) is 3. The van der Waals surface area contributed by atoms with Crippen molar-refractivity contribution in [3.8, 4) is 0 Å². The summed E-state index contributed by atoms with van der Waals surface area (Å²) < 4.78 is 0. The molecule has 0 saturated heterocycles. The number of Topliss-reactive ketones (excluding diaryl/α,β-unsaturated/α-hetero) is 1. The first-order chi connectivity index (χ1) is 10.7. The molecule has 0 radical (unpaired) electrons. The Hall–Kier alpha value is -1.43. The third-order valence-electron chi connectivity index (χ3n) is 4.04. The van der Waals surface area contributed by atoms with Crippen LogP contribution in [0, 0.1) is 5.92 Å². The molecule has 0 saturated carbocycles. The average Bonchev–Trinajstić information content (AvgIpc) is 2.47. The Kier molecular flexibility index (Phi) is 10.5. The molecule has 0 spiro atoms. The lowest BCUT2D eigenvalue weighted by Gasteiger charge is -2.21. The molecule has 0 bridgehead atoms. The van der Waals surface area contributed by atoms with Crippen LogP contribution in [0.3, 0.4) is 0 Å². The predicted molar refractivity (Wildman–Crippen MR) is 89.8 cm³/mol. The minimum Gasteiger partial charge on any atom is -0.391 e. The van der Waals surface area contributed by atoms with Gasteiger partial charge in [-0.3, -0.25) is 14.4 Å². The molecule has 0 fully saturated rings. The van der Waals surface area contributed by atoms with E-state index in [1.807, 2.05) is 0 Å². The lowest BCUT2D eigenvalue weighted by Crippen LogP contribution is -2.53. The van der Waals surface area contributed by atoms with E-state index in [0.717, 1.165) is 25.7 Å².